The van der Waals surface area contributed by atoms with Gasteiger partial charge in [0.25, 0.3) is 0 Å². The molecule has 2 aliphatic carbocycles. The van der Waals surface area contributed by atoms with Crippen LogP contribution in [-0.2, 0) is 0 Å². The summed E-state index contributed by atoms with van der Waals surface area (Å²) >= 11 is 0. The minimum atomic E-state index is 0.221. The first kappa shape index (κ1) is 15.6. The maximum absolute atomic E-state index is 5.63. The summed E-state index contributed by atoms with van der Waals surface area (Å²) in [4.78, 5) is 0. The summed E-state index contributed by atoms with van der Waals surface area (Å²) < 4.78 is 0. The van der Waals surface area contributed by atoms with Gasteiger partial charge in [-0.3, -0.25) is 0 Å². The molecule has 99 valence electrons. The number of rotatable bonds is 1. The van der Waals surface area contributed by atoms with Crippen LogP contribution in [0.4, 0.5) is 0 Å². The van der Waals surface area contributed by atoms with Gasteiger partial charge in [0.15, 0.2) is 0 Å². The third kappa shape index (κ3) is 4.01. The molecule has 2 fully saturated rings. The second kappa shape index (κ2) is 7.17. The molecule has 0 heterocycles. The fourth-order valence-electron chi connectivity index (χ4n) is 3.65. The van der Waals surface area contributed by atoms with Gasteiger partial charge >= 0.3 is 14.0 Å². The molecule has 2 rings (SSSR count). The molecule has 1 heteroatoms. The van der Waals surface area contributed by atoms with Crippen LogP contribution in [0.1, 0.15) is 65.2 Å². The number of hydrogen-bond acceptors (Lipinski definition) is 0. The normalized spacial score (nSPS) is 40.1. The Morgan fingerprint density at radius 1 is 1.00 bits per heavy atom. The summed E-state index contributed by atoms with van der Waals surface area (Å²) in [6.07, 6.45) is 16.8. The van der Waals surface area contributed by atoms with Gasteiger partial charge in [0.1, 0.15) is 0 Å². The molecule has 0 saturated heterocycles. The zero-order valence-electron chi connectivity index (χ0n) is 12.3. The molecule has 0 nitrogen and oxygen atoms in total. The Morgan fingerprint density at radius 3 is 1.89 bits per heavy atom. The van der Waals surface area contributed by atoms with Crippen LogP contribution in [-0.4, -0.2) is 14.0 Å². The third-order valence-electron chi connectivity index (χ3n) is 5.21. The Hall–Kier alpha value is -0.505. The summed E-state index contributed by atoms with van der Waals surface area (Å²) in [5.41, 5.74) is 0.221. The first-order valence-corrected chi connectivity index (χ1v) is 7.51. The van der Waals surface area contributed by atoms with Gasteiger partial charge in [0.05, 0.1) is 0 Å². The molecule has 0 N–H and O–H groups in total. The van der Waals surface area contributed by atoms with Gasteiger partial charge in [-0.15, -0.1) is 12.3 Å². The quantitative estimate of drug-likeness (QED) is 0.477. The molecule has 2 saturated carbocycles. The van der Waals surface area contributed by atoms with E-state index in [-0.39, 0.29) is 5.41 Å². The van der Waals surface area contributed by atoms with E-state index in [2.05, 4.69) is 33.7 Å². The van der Waals surface area contributed by atoms with E-state index in [0.29, 0.717) is 0 Å². The van der Waals surface area contributed by atoms with Gasteiger partial charge in [-0.1, -0.05) is 19.8 Å². The van der Waals surface area contributed by atoms with Gasteiger partial charge in [0.2, 0.25) is 0 Å². The third-order valence-corrected chi connectivity index (χ3v) is 5.21. The van der Waals surface area contributed by atoms with Gasteiger partial charge in [-0.25, -0.2) is 0 Å². The second-order valence-corrected chi connectivity index (χ2v) is 6.56. The fourth-order valence-corrected chi connectivity index (χ4v) is 3.65. The van der Waals surface area contributed by atoms with Crippen molar-refractivity contribution in [1.82, 2.24) is 0 Å². The first-order valence-electron chi connectivity index (χ1n) is 7.51. The van der Waals surface area contributed by atoms with Crippen molar-refractivity contribution in [2.45, 2.75) is 65.2 Å². The molecule has 0 amide bonds. The molecular formula is C17H28B. The van der Waals surface area contributed by atoms with Crippen LogP contribution in [0.2, 0.25) is 0 Å². The van der Waals surface area contributed by atoms with Crippen LogP contribution in [0.25, 0.3) is 0 Å². The molecule has 0 aromatic carbocycles. The topological polar surface area (TPSA) is 0 Å². The summed E-state index contributed by atoms with van der Waals surface area (Å²) in [6, 6.07) is 0. The predicted octanol–water partition coefficient (Wildman–Crippen LogP) is 4.23. The molecule has 0 spiro atoms. The Kier molecular flexibility index (Phi) is 6.20. The minimum absolute atomic E-state index is 0.221. The molecular weight excluding hydrogens is 215 g/mol. The zero-order valence-corrected chi connectivity index (χ0v) is 12.3. The average molecular weight is 243 g/mol. The standard InChI is InChI=1S/C16H26.CH2B/c1-4-16(3)11-9-15(10-12-16)14-7-5-13(2)6-8-14;1-2/h1,13-15H,5-12H2,2-3H3;1H2. The molecule has 0 aliphatic heterocycles. The zero-order chi connectivity index (χ0) is 13.6. The van der Waals surface area contributed by atoms with Crippen molar-refractivity contribution in [2.75, 3.05) is 0 Å². The molecule has 0 unspecified atom stereocenters. The molecule has 18 heavy (non-hydrogen) atoms. The monoisotopic (exact) mass is 243 g/mol. The van der Waals surface area contributed by atoms with Crippen molar-refractivity contribution in [3.05, 3.63) is 0 Å². The van der Waals surface area contributed by atoms with Crippen molar-refractivity contribution in [1.29, 1.82) is 0 Å². The Bertz CT molecular complexity index is 272. The van der Waals surface area contributed by atoms with Gasteiger partial charge in [-0.2, -0.15) is 0 Å². The van der Waals surface area contributed by atoms with Crippen LogP contribution in [0.3, 0.4) is 0 Å². The predicted molar refractivity (Wildman–Crippen MR) is 82.9 cm³/mol. The van der Waals surface area contributed by atoms with E-state index in [1.54, 1.807) is 0 Å². The molecule has 2 aliphatic rings. The van der Waals surface area contributed by atoms with E-state index in [0.717, 1.165) is 17.8 Å². The van der Waals surface area contributed by atoms with Gasteiger partial charge in [-0.05, 0) is 63.2 Å². The SMILES string of the molecule is C#CC1(C)CCC(C2CCC(C)CC2)CC1.[B]=C. The average Bonchev–Trinajstić information content (AvgIpc) is 2.43. The van der Waals surface area contributed by atoms with E-state index in [9.17, 15) is 0 Å². The van der Waals surface area contributed by atoms with Crippen LogP contribution < -0.4 is 0 Å². The van der Waals surface area contributed by atoms with Crippen LogP contribution >= 0.6 is 0 Å². The fraction of sp³-hybridized carbons (Fsp3) is 0.824. The van der Waals surface area contributed by atoms with Crippen LogP contribution in [0, 0.1) is 35.5 Å². The van der Waals surface area contributed by atoms with Crippen molar-refractivity contribution in [3.63, 3.8) is 0 Å². The van der Waals surface area contributed by atoms with E-state index in [1.165, 1.54) is 51.4 Å². The van der Waals surface area contributed by atoms with Crippen LogP contribution in [0.5, 0.6) is 0 Å². The molecule has 0 bridgehead atoms. The summed E-state index contributed by atoms with van der Waals surface area (Å²) in [7, 11) is 4.25. The molecule has 1 radical (unpaired) electrons. The second-order valence-electron chi connectivity index (χ2n) is 6.56. The van der Waals surface area contributed by atoms with Crippen LogP contribution in [0.15, 0.2) is 0 Å². The van der Waals surface area contributed by atoms with Gasteiger partial charge < -0.3 is 0 Å². The van der Waals surface area contributed by atoms with Crippen molar-refractivity contribution < 1.29 is 0 Å². The van der Waals surface area contributed by atoms with E-state index in [4.69, 9.17) is 6.42 Å². The first-order chi connectivity index (χ1) is 8.63. The Labute approximate surface area is 115 Å². The Balaban J connectivity index is 0.000000771. The number of hydrogen-bond donors (Lipinski definition) is 0. The Morgan fingerprint density at radius 2 is 1.44 bits per heavy atom. The van der Waals surface area contributed by atoms with E-state index < -0.39 is 0 Å². The molecule has 0 aromatic rings. The molecule has 0 aromatic heterocycles. The van der Waals surface area contributed by atoms with E-state index in [1.807, 2.05) is 0 Å². The van der Waals surface area contributed by atoms with Gasteiger partial charge in [0, 0.05) is 5.41 Å². The summed E-state index contributed by atoms with van der Waals surface area (Å²) in [5, 5.41) is 0. The summed E-state index contributed by atoms with van der Waals surface area (Å²) in [5.74, 6) is 6.01. The maximum atomic E-state index is 5.63. The van der Waals surface area contributed by atoms with Crippen molar-refractivity contribution in [3.8, 4) is 12.3 Å². The van der Waals surface area contributed by atoms with E-state index >= 15 is 0 Å². The van der Waals surface area contributed by atoms with Crippen molar-refractivity contribution >= 4 is 14.0 Å². The summed E-state index contributed by atoms with van der Waals surface area (Å²) in [6.45, 7) is 7.43. The van der Waals surface area contributed by atoms with Crippen molar-refractivity contribution in [2.24, 2.45) is 23.2 Å². The molecule has 0 atom stereocenters. The number of terminal acetylenes is 1.